The maximum absolute atomic E-state index is 12.7. The molecule has 0 bridgehead atoms. The van der Waals surface area contributed by atoms with E-state index in [2.05, 4.69) is 29.4 Å². The lowest BCUT2D eigenvalue weighted by Crippen LogP contribution is -2.41. The van der Waals surface area contributed by atoms with Gasteiger partial charge in [0.05, 0.1) is 7.11 Å². The van der Waals surface area contributed by atoms with Gasteiger partial charge < -0.3 is 10.1 Å². The van der Waals surface area contributed by atoms with Crippen molar-refractivity contribution < 1.29 is 18.3 Å². The largest absolute Gasteiger partial charge is 0.497 e. The third kappa shape index (κ3) is 5.04. The summed E-state index contributed by atoms with van der Waals surface area (Å²) in [5.41, 5.74) is 1.19. The van der Waals surface area contributed by atoms with Crippen LogP contribution in [0.15, 0.2) is 40.6 Å². The molecule has 1 aliphatic rings. The summed E-state index contributed by atoms with van der Waals surface area (Å²) < 4.78 is 30.6. The van der Waals surface area contributed by atoms with E-state index in [4.69, 9.17) is 4.74 Å². The highest BCUT2D eigenvalue weighted by molar-refractivity contribution is 7.99. The molecule has 1 aliphatic heterocycles. The van der Waals surface area contributed by atoms with Crippen LogP contribution < -0.4 is 10.1 Å². The van der Waals surface area contributed by atoms with Gasteiger partial charge >= 0.3 is 0 Å². The number of methoxy groups -OCH3 is 1. The van der Waals surface area contributed by atoms with Gasteiger partial charge in [0.1, 0.15) is 10.6 Å². The molecule has 0 saturated carbocycles. The summed E-state index contributed by atoms with van der Waals surface area (Å²) in [5, 5.41) is 4.65. The van der Waals surface area contributed by atoms with E-state index >= 15 is 0 Å². The number of hydrogen-bond donors (Lipinski definition) is 1. The van der Waals surface area contributed by atoms with Crippen molar-refractivity contribution in [3.05, 3.63) is 46.2 Å². The van der Waals surface area contributed by atoms with Crippen LogP contribution in [0.4, 0.5) is 8.78 Å². The number of halogens is 2. The minimum absolute atomic E-state index is 0.193. The van der Waals surface area contributed by atoms with Crippen LogP contribution in [-0.4, -0.2) is 43.8 Å². The molecule has 1 N–H and O–H groups in total. The zero-order valence-electron chi connectivity index (χ0n) is 15.9. The zero-order chi connectivity index (χ0) is 20.1. The zero-order valence-corrected chi connectivity index (χ0v) is 17.5. The number of nitrogens with one attached hydrogen (secondary N) is 1. The van der Waals surface area contributed by atoms with Crippen molar-refractivity contribution >= 4 is 29.0 Å². The molecule has 1 aromatic heterocycles. The molecule has 2 heterocycles. The van der Waals surface area contributed by atoms with E-state index in [1.807, 2.05) is 12.1 Å². The third-order valence-corrected chi connectivity index (χ3v) is 6.86. The first kappa shape index (κ1) is 21.1. The summed E-state index contributed by atoms with van der Waals surface area (Å²) in [6.07, 6.45) is 2.07. The summed E-state index contributed by atoms with van der Waals surface area (Å²) in [5.74, 6) is -1.75. The summed E-state index contributed by atoms with van der Waals surface area (Å²) >= 11 is 1.62. The van der Waals surface area contributed by atoms with Crippen LogP contribution in [-0.2, 0) is 0 Å². The monoisotopic (exact) mass is 426 g/mol. The number of thiophene rings is 1. The van der Waals surface area contributed by atoms with Crippen molar-refractivity contribution in [3.63, 3.8) is 0 Å². The number of nitrogens with zero attached hydrogens (tertiary/aromatic N) is 1. The number of amides is 1. The third-order valence-electron chi connectivity index (χ3n) is 5.04. The fraction of sp³-hybridized carbons (Fsp3) is 0.450. The van der Waals surface area contributed by atoms with Gasteiger partial charge in [-0.15, -0.1) is 11.3 Å². The number of rotatable bonds is 7. The molecule has 1 amide bonds. The predicted molar refractivity (Wildman–Crippen MR) is 110 cm³/mol. The molecule has 0 spiro atoms. The Hall–Kier alpha value is -1.64. The van der Waals surface area contributed by atoms with E-state index in [1.54, 1.807) is 18.6 Å². The molecule has 1 saturated heterocycles. The van der Waals surface area contributed by atoms with Gasteiger partial charge in [-0.2, -0.15) is 8.78 Å². The van der Waals surface area contributed by atoms with Crippen molar-refractivity contribution in [2.24, 2.45) is 5.92 Å². The summed E-state index contributed by atoms with van der Waals surface area (Å²) in [6.45, 7) is 1.51. The van der Waals surface area contributed by atoms with Crippen molar-refractivity contribution in [3.8, 4) is 5.75 Å². The second-order valence-corrected chi connectivity index (χ2v) is 8.75. The molecule has 28 heavy (non-hydrogen) atoms. The lowest BCUT2D eigenvalue weighted by molar-refractivity contribution is 0.0892. The summed E-state index contributed by atoms with van der Waals surface area (Å²) in [4.78, 5) is 15.6. The van der Waals surface area contributed by atoms with Crippen LogP contribution >= 0.6 is 23.1 Å². The van der Waals surface area contributed by atoms with Crippen molar-refractivity contribution in [1.29, 1.82) is 0 Å². The van der Waals surface area contributed by atoms with Crippen LogP contribution in [0.2, 0.25) is 0 Å². The standard InChI is InChI=1S/C20H24F2N2O2S2/c1-24-10-3-4-14(17(24)13-5-7-15(26-2)8-6-13)12-23-19(25)18-16(9-11-27-18)28-20(21)22/h5-9,11,14,17,20H,3-4,10,12H2,1-2H3,(H,23,25). The first-order valence-corrected chi connectivity index (χ1v) is 10.9. The molecule has 0 radical (unpaired) electrons. The van der Waals surface area contributed by atoms with E-state index < -0.39 is 5.76 Å². The van der Waals surface area contributed by atoms with E-state index in [9.17, 15) is 13.6 Å². The van der Waals surface area contributed by atoms with Crippen LogP contribution in [0, 0.1) is 5.92 Å². The molecule has 3 rings (SSSR count). The Morgan fingerprint density at radius 2 is 2.11 bits per heavy atom. The quantitative estimate of drug-likeness (QED) is 0.641. The van der Waals surface area contributed by atoms with Gasteiger partial charge in [0.25, 0.3) is 11.7 Å². The molecular weight excluding hydrogens is 402 g/mol. The normalized spacial score (nSPS) is 20.3. The summed E-state index contributed by atoms with van der Waals surface area (Å²) in [6, 6.07) is 9.80. The number of piperidine rings is 1. The van der Waals surface area contributed by atoms with Crippen LogP contribution in [0.3, 0.4) is 0 Å². The number of likely N-dealkylation sites (tertiary alicyclic amines) is 1. The molecule has 152 valence electrons. The van der Waals surface area contributed by atoms with Crippen LogP contribution in [0.25, 0.3) is 0 Å². The van der Waals surface area contributed by atoms with Gasteiger partial charge in [-0.3, -0.25) is 9.69 Å². The average molecular weight is 427 g/mol. The minimum Gasteiger partial charge on any atom is -0.497 e. The fourth-order valence-electron chi connectivity index (χ4n) is 3.76. The topological polar surface area (TPSA) is 41.6 Å². The highest BCUT2D eigenvalue weighted by Gasteiger charge is 2.31. The van der Waals surface area contributed by atoms with Crippen molar-refractivity contribution in [2.75, 3.05) is 27.2 Å². The lowest BCUT2D eigenvalue weighted by Gasteiger charge is -2.39. The molecule has 2 atom stereocenters. The highest BCUT2D eigenvalue weighted by Crippen LogP contribution is 2.36. The number of carbonyl (C=O) groups is 1. The molecule has 2 unspecified atom stereocenters. The Morgan fingerprint density at radius 1 is 1.36 bits per heavy atom. The SMILES string of the molecule is COc1ccc(C2C(CNC(=O)c3sccc3SC(F)F)CCCN2C)cc1. The molecular formula is C20H24F2N2O2S2. The second-order valence-electron chi connectivity index (χ2n) is 6.80. The molecule has 1 aromatic carbocycles. The highest BCUT2D eigenvalue weighted by atomic mass is 32.2. The Morgan fingerprint density at radius 3 is 2.79 bits per heavy atom. The Bertz CT molecular complexity index is 783. The first-order chi connectivity index (χ1) is 13.5. The maximum Gasteiger partial charge on any atom is 0.288 e. The number of thioether (sulfide) groups is 1. The number of alkyl halides is 2. The van der Waals surface area contributed by atoms with E-state index in [0.29, 0.717) is 28.1 Å². The van der Waals surface area contributed by atoms with Gasteiger partial charge in [-0.05, 0) is 61.5 Å². The smallest absolute Gasteiger partial charge is 0.288 e. The van der Waals surface area contributed by atoms with Crippen molar-refractivity contribution in [1.82, 2.24) is 10.2 Å². The van der Waals surface area contributed by atoms with Crippen LogP contribution in [0.1, 0.15) is 34.1 Å². The summed E-state index contributed by atoms with van der Waals surface area (Å²) in [7, 11) is 3.74. The Balaban J connectivity index is 1.69. The second kappa shape index (κ2) is 9.71. The Labute approximate surface area is 172 Å². The van der Waals surface area contributed by atoms with E-state index in [-0.39, 0.29) is 17.9 Å². The lowest BCUT2D eigenvalue weighted by atomic mass is 9.85. The number of ether oxygens (including phenoxy) is 1. The average Bonchev–Trinajstić information content (AvgIpc) is 3.14. The van der Waals surface area contributed by atoms with Gasteiger partial charge in [0, 0.05) is 17.5 Å². The maximum atomic E-state index is 12.7. The van der Waals surface area contributed by atoms with Gasteiger partial charge in [0.15, 0.2) is 0 Å². The van der Waals surface area contributed by atoms with Gasteiger partial charge in [-0.25, -0.2) is 0 Å². The van der Waals surface area contributed by atoms with Crippen molar-refractivity contribution in [2.45, 2.75) is 29.5 Å². The Kier molecular flexibility index (Phi) is 7.31. The van der Waals surface area contributed by atoms with Crippen LogP contribution in [0.5, 0.6) is 5.75 Å². The van der Waals surface area contributed by atoms with Gasteiger partial charge in [0.2, 0.25) is 0 Å². The number of benzene rings is 1. The molecule has 8 heteroatoms. The fourth-order valence-corrected chi connectivity index (χ4v) is 5.37. The number of hydrogen-bond acceptors (Lipinski definition) is 5. The minimum atomic E-state index is -2.53. The van der Waals surface area contributed by atoms with Gasteiger partial charge in [-0.1, -0.05) is 23.9 Å². The first-order valence-electron chi connectivity index (χ1n) is 9.14. The van der Waals surface area contributed by atoms with E-state index in [0.717, 1.165) is 25.1 Å². The molecule has 2 aromatic rings. The molecule has 1 fully saturated rings. The van der Waals surface area contributed by atoms with E-state index in [1.165, 1.54) is 16.9 Å². The molecule has 4 nitrogen and oxygen atoms in total. The number of carbonyl (C=O) groups excluding carboxylic acids is 1. The predicted octanol–water partition coefficient (Wildman–Crippen LogP) is 4.88. The molecule has 0 aliphatic carbocycles.